The van der Waals surface area contributed by atoms with Crippen LogP contribution < -0.4 is 5.32 Å². The minimum absolute atomic E-state index is 0.703. The van der Waals surface area contributed by atoms with Gasteiger partial charge in [0.15, 0.2) is 0 Å². The highest BCUT2D eigenvalue weighted by Gasteiger charge is 2.11. The zero-order chi connectivity index (χ0) is 10.3. The maximum absolute atomic E-state index is 3.17. The fraction of sp³-hybridized carbons (Fsp3) is 1.00. The molecule has 0 amide bonds. The number of hydrogen-bond donors (Lipinski definition) is 1. The van der Waals surface area contributed by atoms with Gasteiger partial charge in [-0.3, -0.25) is 0 Å². The van der Waals surface area contributed by atoms with Gasteiger partial charge < -0.3 is 10.2 Å². The van der Waals surface area contributed by atoms with Crippen molar-refractivity contribution in [1.82, 2.24) is 10.2 Å². The van der Waals surface area contributed by atoms with Crippen LogP contribution in [-0.2, 0) is 0 Å². The van der Waals surface area contributed by atoms with Crippen LogP contribution in [0.3, 0.4) is 0 Å². The van der Waals surface area contributed by atoms with Gasteiger partial charge in [0, 0.05) is 6.04 Å². The summed E-state index contributed by atoms with van der Waals surface area (Å²) in [5.74, 6) is 0.759. The molecule has 1 N–H and O–H groups in total. The summed E-state index contributed by atoms with van der Waals surface area (Å²) >= 11 is 0. The molecule has 0 saturated carbocycles. The van der Waals surface area contributed by atoms with E-state index in [0.717, 1.165) is 12.5 Å². The Morgan fingerprint density at radius 3 is 2.23 bits per heavy atom. The number of rotatable bonds is 7. The molecule has 80 valence electrons. The summed E-state index contributed by atoms with van der Waals surface area (Å²) in [6.07, 6.45) is 2.58. The van der Waals surface area contributed by atoms with E-state index in [9.17, 15) is 0 Å². The summed E-state index contributed by atoms with van der Waals surface area (Å²) in [6, 6.07) is 0.703. The summed E-state index contributed by atoms with van der Waals surface area (Å²) in [5, 5.41) is 3.17. The molecule has 0 aliphatic rings. The Bertz CT molecular complexity index is 113. The summed E-state index contributed by atoms with van der Waals surface area (Å²) in [7, 11) is 4.24. The van der Waals surface area contributed by atoms with E-state index in [4.69, 9.17) is 0 Å². The highest BCUT2D eigenvalue weighted by atomic mass is 15.1. The molecule has 13 heavy (non-hydrogen) atoms. The number of nitrogens with zero attached hydrogens (tertiary/aromatic N) is 1. The fourth-order valence-corrected chi connectivity index (χ4v) is 1.38. The molecular weight excluding hydrogens is 160 g/mol. The topological polar surface area (TPSA) is 15.3 Å². The van der Waals surface area contributed by atoms with Crippen LogP contribution in [0.25, 0.3) is 0 Å². The van der Waals surface area contributed by atoms with Gasteiger partial charge in [-0.1, -0.05) is 13.8 Å². The van der Waals surface area contributed by atoms with Crippen molar-refractivity contribution in [3.63, 3.8) is 0 Å². The lowest BCUT2D eigenvalue weighted by molar-refractivity contribution is 0.205. The summed E-state index contributed by atoms with van der Waals surface area (Å²) in [6.45, 7) is 9.25. The molecule has 1 unspecified atom stereocenters. The van der Waals surface area contributed by atoms with E-state index in [1.165, 1.54) is 19.4 Å². The molecule has 0 aromatic rings. The van der Waals surface area contributed by atoms with Crippen LogP contribution in [0.2, 0.25) is 0 Å². The predicted octanol–water partition coefficient (Wildman–Crippen LogP) is 1.96. The molecule has 2 nitrogen and oxygen atoms in total. The highest BCUT2D eigenvalue weighted by molar-refractivity contribution is 4.66. The van der Waals surface area contributed by atoms with Crippen LogP contribution in [0.15, 0.2) is 0 Å². The number of hydrogen-bond acceptors (Lipinski definition) is 2. The Hall–Kier alpha value is -0.0800. The molecule has 0 fully saturated rings. The molecule has 0 aliphatic carbocycles. The van der Waals surface area contributed by atoms with Gasteiger partial charge in [-0.05, 0) is 52.9 Å². The van der Waals surface area contributed by atoms with Crippen LogP contribution in [0.1, 0.15) is 33.6 Å². The van der Waals surface area contributed by atoms with E-state index in [1.54, 1.807) is 0 Å². The average Bonchev–Trinajstić information content (AvgIpc) is 2.10. The van der Waals surface area contributed by atoms with Gasteiger partial charge in [-0.2, -0.15) is 0 Å². The zero-order valence-corrected chi connectivity index (χ0v) is 9.93. The van der Waals surface area contributed by atoms with Crippen molar-refractivity contribution in [3.8, 4) is 0 Å². The summed E-state index contributed by atoms with van der Waals surface area (Å²) in [5.41, 5.74) is 0. The minimum Gasteiger partial charge on any atom is -0.320 e. The molecule has 0 bridgehead atoms. The quantitative estimate of drug-likeness (QED) is 0.612. The molecule has 0 heterocycles. The van der Waals surface area contributed by atoms with E-state index < -0.39 is 0 Å². The van der Waals surface area contributed by atoms with Crippen LogP contribution in [-0.4, -0.2) is 38.1 Å². The molecule has 1 atom stereocenters. The largest absolute Gasteiger partial charge is 0.320 e. The van der Waals surface area contributed by atoms with Crippen molar-refractivity contribution in [1.29, 1.82) is 0 Å². The highest BCUT2D eigenvalue weighted by Crippen LogP contribution is 2.08. The lowest BCUT2D eigenvalue weighted by atomic mass is 10.1. The van der Waals surface area contributed by atoms with Crippen molar-refractivity contribution < 1.29 is 0 Å². The SMILES string of the molecule is CNCCCCN(C)C(C)C(C)C. The van der Waals surface area contributed by atoms with Crippen molar-refractivity contribution >= 4 is 0 Å². The van der Waals surface area contributed by atoms with Gasteiger partial charge in [0.25, 0.3) is 0 Å². The second kappa shape index (κ2) is 7.34. The predicted molar refractivity (Wildman–Crippen MR) is 60.1 cm³/mol. The Kier molecular flexibility index (Phi) is 7.29. The lowest BCUT2D eigenvalue weighted by Crippen LogP contribution is -2.34. The van der Waals surface area contributed by atoms with Crippen molar-refractivity contribution in [2.45, 2.75) is 39.7 Å². The third-order valence-corrected chi connectivity index (χ3v) is 2.85. The molecule has 0 saturated heterocycles. The molecule has 0 spiro atoms. The van der Waals surface area contributed by atoms with Crippen LogP contribution >= 0.6 is 0 Å². The number of unbranched alkanes of at least 4 members (excludes halogenated alkanes) is 1. The van der Waals surface area contributed by atoms with Crippen molar-refractivity contribution in [3.05, 3.63) is 0 Å². The Morgan fingerprint density at radius 1 is 1.15 bits per heavy atom. The first kappa shape index (κ1) is 12.9. The van der Waals surface area contributed by atoms with Gasteiger partial charge in [0.05, 0.1) is 0 Å². The van der Waals surface area contributed by atoms with Gasteiger partial charge in [-0.25, -0.2) is 0 Å². The maximum atomic E-state index is 3.17. The van der Waals surface area contributed by atoms with E-state index in [2.05, 4.69) is 38.0 Å². The monoisotopic (exact) mass is 186 g/mol. The molecular formula is C11H26N2. The smallest absolute Gasteiger partial charge is 0.00868 e. The van der Waals surface area contributed by atoms with Gasteiger partial charge in [0.2, 0.25) is 0 Å². The Morgan fingerprint density at radius 2 is 1.77 bits per heavy atom. The molecule has 0 aromatic carbocycles. The third-order valence-electron chi connectivity index (χ3n) is 2.85. The van der Waals surface area contributed by atoms with Crippen LogP contribution in [0.4, 0.5) is 0 Å². The van der Waals surface area contributed by atoms with E-state index >= 15 is 0 Å². The summed E-state index contributed by atoms with van der Waals surface area (Å²) < 4.78 is 0. The molecule has 0 rings (SSSR count). The maximum Gasteiger partial charge on any atom is 0.00868 e. The molecule has 2 heteroatoms. The third kappa shape index (κ3) is 6.05. The van der Waals surface area contributed by atoms with Gasteiger partial charge in [0.1, 0.15) is 0 Å². The van der Waals surface area contributed by atoms with Crippen molar-refractivity contribution in [2.24, 2.45) is 5.92 Å². The minimum atomic E-state index is 0.703. The van der Waals surface area contributed by atoms with Crippen molar-refractivity contribution in [2.75, 3.05) is 27.2 Å². The Balaban J connectivity index is 3.44. The van der Waals surface area contributed by atoms with E-state index in [1.807, 2.05) is 7.05 Å². The average molecular weight is 186 g/mol. The number of nitrogens with one attached hydrogen (secondary N) is 1. The normalized spacial score (nSPS) is 14.1. The van der Waals surface area contributed by atoms with Crippen LogP contribution in [0, 0.1) is 5.92 Å². The van der Waals surface area contributed by atoms with Crippen LogP contribution in [0.5, 0.6) is 0 Å². The van der Waals surface area contributed by atoms with Gasteiger partial charge in [-0.15, -0.1) is 0 Å². The molecule has 0 aliphatic heterocycles. The molecule has 0 radical (unpaired) electrons. The summed E-state index contributed by atoms with van der Waals surface area (Å²) in [4.78, 5) is 2.46. The fourth-order valence-electron chi connectivity index (χ4n) is 1.38. The van der Waals surface area contributed by atoms with E-state index in [0.29, 0.717) is 6.04 Å². The first-order valence-corrected chi connectivity index (χ1v) is 5.44. The second-order valence-corrected chi connectivity index (χ2v) is 4.28. The lowest BCUT2D eigenvalue weighted by Gasteiger charge is -2.27. The second-order valence-electron chi connectivity index (χ2n) is 4.28. The molecule has 0 aromatic heterocycles. The first-order valence-electron chi connectivity index (χ1n) is 5.44. The zero-order valence-electron chi connectivity index (χ0n) is 9.93. The standard InChI is InChI=1S/C11H26N2/c1-10(2)11(3)13(5)9-7-6-8-12-4/h10-12H,6-9H2,1-5H3. The van der Waals surface area contributed by atoms with E-state index in [-0.39, 0.29) is 0 Å². The Labute approximate surface area is 83.7 Å². The first-order chi connectivity index (χ1) is 6.09. The van der Waals surface area contributed by atoms with Gasteiger partial charge >= 0.3 is 0 Å².